The molecular weight excluding hydrogens is 444 g/mol. The molecule has 0 spiro atoms. The fraction of sp³-hybridized carbons (Fsp3) is 0.259. The molecule has 1 fully saturated rings. The van der Waals surface area contributed by atoms with Gasteiger partial charge < -0.3 is 23.9 Å². The highest BCUT2D eigenvalue weighted by Gasteiger charge is 2.42. The van der Waals surface area contributed by atoms with E-state index in [-0.39, 0.29) is 12.1 Å². The van der Waals surface area contributed by atoms with E-state index in [0.717, 1.165) is 22.9 Å². The molecule has 0 radical (unpaired) electrons. The van der Waals surface area contributed by atoms with Crippen molar-refractivity contribution in [2.45, 2.75) is 39.4 Å². The van der Waals surface area contributed by atoms with Crippen LogP contribution in [0.1, 0.15) is 47.4 Å². The Morgan fingerprint density at radius 2 is 1.91 bits per heavy atom. The number of hydrogen-bond acceptors (Lipinski definition) is 4. The fourth-order valence-electron chi connectivity index (χ4n) is 4.75. The summed E-state index contributed by atoms with van der Waals surface area (Å²) >= 11 is 5.87. The molecule has 4 heterocycles. The molecule has 0 saturated carbocycles. The first-order valence-corrected chi connectivity index (χ1v) is 11.9. The molecule has 1 aliphatic rings. The first kappa shape index (κ1) is 22.2. The van der Waals surface area contributed by atoms with Crippen molar-refractivity contribution >= 4 is 23.0 Å². The van der Waals surface area contributed by atoms with Crippen molar-refractivity contribution < 1.29 is 9.15 Å². The fourth-order valence-corrected chi connectivity index (χ4v) is 5.09. The van der Waals surface area contributed by atoms with Crippen molar-refractivity contribution in [2.75, 3.05) is 11.5 Å². The summed E-state index contributed by atoms with van der Waals surface area (Å²) in [5, 5.41) is 4.23. The Morgan fingerprint density at radius 3 is 2.59 bits per heavy atom. The molecule has 0 bridgehead atoms. The van der Waals surface area contributed by atoms with Crippen molar-refractivity contribution in [3.8, 4) is 5.75 Å². The van der Waals surface area contributed by atoms with Crippen molar-refractivity contribution in [3.05, 3.63) is 102 Å². The van der Waals surface area contributed by atoms with Crippen LogP contribution < -0.4 is 15.0 Å². The number of nitrogens with one attached hydrogen (secondary N) is 1. The van der Waals surface area contributed by atoms with Crippen LogP contribution in [0.15, 0.2) is 77.5 Å². The number of thiocarbonyl (C=S) groups is 1. The summed E-state index contributed by atoms with van der Waals surface area (Å²) < 4.78 is 13.6. The Kier molecular flexibility index (Phi) is 6.11. The summed E-state index contributed by atoms with van der Waals surface area (Å²) in [6.07, 6.45) is 3.55. The molecule has 174 valence electrons. The number of rotatable bonds is 7. The van der Waals surface area contributed by atoms with E-state index in [2.05, 4.69) is 57.9 Å². The smallest absolute Gasteiger partial charge is 0.174 e. The van der Waals surface area contributed by atoms with Crippen LogP contribution in [0, 0.1) is 13.8 Å². The largest absolute Gasteiger partial charge is 0.494 e. The molecule has 2 unspecified atom stereocenters. The number of furan rings is 1. The monoisotopic (exact) mass is 472 g/mol. The molecule has 2 atom stereocenters. The molecule has 1 saturated heterocycles. The zero-order chi connectivity index (χ0) is 23.7. The van der Waals surface area contributed by atoms with Crippen LogP contribution in [0.3, 0.4) is 0 Å². The molecule has 1 aliphatic heterocycles. The highest BCUT2D eigenvalue weighted by molar-refractivity contribution is 7.80. The van der Waals surface area contributed by atoms with Crippen LogP contribution in [0.2, 0.25) is 0 Å². The summed E-state index contributed by atoms with van der Waals surface area (Å²) in [6.45, 7) is 7.61. The van der Waals surface area contributed by atoms with Crippen LogP contribution in [-0.2, 0) is 6.54 Å². The zero-order valence-electron chi connectivity index (χ0n) is 19.6. The van der Waals surface area contributed by atoms with Gasteiger partial charge in [-0.2, -0.15) is 0 Å². The number of pyridine rings is 1. The first-order valence-electron chi connectivity index (χ1n) is 11.5. The second kappa shape index (κ2) is 9.35. The van der Waals surface area contributed by atoms with E-state index in [1.165, 1.54) is 17.0 Å². The minimum absolute atomic E-state index is 0.0584. The lowest BCUT2D eigenvalue weighted by Crippen LogP contribution is -2.29. The SMILES string of the molecule is CCOc1ccc(N2C(=S)NC(c3ccccn3)C2c2cc(C)n(Cc3ccco3)c2C)cc1. The van der Waals surface area contributed by atoms with Crippen molar-refractivity contribution in [1.29, 1.82) is 0 Å². The maximum atomic E-state index is 5.87. The molecule has 34 heavy (non-hydrogen) atoms. The van der Waals surface area contributed by atoms with Crippen LogP contribution in [0.4, 0.5) is 5.69 Å². The molecule has 5 rings (SSSR count). The number of benzene rings is 1. The van der Waals surface area contributed by atoms with Crippen molar-refractivity contribution in [1.82, 2.24) is 14.9 Å². The molecule has 1 N–H and O–H groups in total. The number of aromatic nitrogens is 2. The van der Waals surface area contributed by atoms with Gasteiger partial charge in [0.25, 0.3) is 0 Å². The summed E-state index contributed by atoms with van der Waals surface area (Å²) in [5.41, 5.74) is 5.54. The molecule has 0 amide bonds. The van der Waals surface area contributed by atoms with E-state index in [1.54, 1.807) is 6.26 Å². The van der Waals surface area contributed by atoms with E-state index >= 15 is 0 Å². The number of nitrogens with zero attached hydrogens (tertiary/aromatic N) is 3. The third-order valence-corrected chi connectivity index (χ3v) is 6.66. The van der Waals surface area contributed by atoms with Gasteiger partial charge in [0.2, 0.25) is 0 Å². The number of hydrogen-bond donors (Lipinski definition) is 1. The van der Waals surface area contributed by atoms with E-state index in [4.69, 9.17) is 21.4 Å². The highest BCUT2D eigenvalue weighted by Crippen LogP contribution is 2.43. The Balaban J connectivity index is 1.59. The summed E-state index contributed by atoms with van der Waals surface area (Å²) in [6, 6.07) is 20.2. The molecule has 6 nitrogen and oxygen atoms in total. The van der Waals surface area contributed by atoms with Crippen LogP contribution >= 0.6 is 12.2 Å². The Labute approximate surface area is 205 Å². The van der Waals surface area contributed by atoms with Crippen molar-refractivity contribution in [3.63, 3.8) is 0 Å². The van der Waals surface area contributed by atoms with Crippen molar-refractivity contribution in [2.24, 2.45) is 0 Å². The zero-order valence-corrected chi connectivity index (χ0v) is 20.4. The third kappa shape index (κ3) is 4.07. The van der Waals surface area contributed by atoms with Crippen LogP contribution in [0.5, 0.6) is 5.75 Å². The van der Waals surface area contributed by atoms with Gasteiger partial charge in [-0.25, -0.2) is 0 Å². The predicted molar refractivity (Wildman–Crippen MR) is 137 cm³/mol. The second-order valence-electron chi connectivity index (χ2n) is 8.42. The van der Waals surface area contributed by atoms with Gasteiger partial charge >= 0.3 is 0 Å². The lowest BCUT2D eigenvalue weighted by atomic mass is 9.96. The summed E-state index contributed by atoms with van der Waals surface area (Å²) in [7, 11) is 0. The topological polar surface area (TPSA) is 55.5 Å². The lowest BCUT2D eigenvalue weighted by molar-refractivity contribution is 0.340. The average Bonchev–Trinajstić information content (AvgIpc) is 3.55. The minimum atomic E-state index is -0.0853. The van der Waals surface area contributed by atoms with Gasteiger partial charge in [0.15, 0.2) is 5.11 Å². The molecule has 0 aliphatic carbocycles. The maximum absolute atomic E-state index is 5.87. The molecule has 7 heteroatoms. The van der Waals surface area contributed by atoms with Gasteiger partial charge in [-0.15, -0.1) is 0 Å². The van der Waals surface area contributed by atoms with E-state index < -0.39 is 0 Å². The summed E-state index contributed by atoms with van der Waals surface area (Å²) in [5.74, 6) is 1.77. The lowest BCUT2D eigenvalue weighted by Gasteiger charge is -2.28. The van der Waals surface area contributed by atoms with Gasteiger partial charge in [-0.3, -0.25) is 4.98 Å². The summed E-state index contributed by atoms with van der Waals surface area (Å²) in [4.78, 5) is 6.86. The number of ether oxygens (including phenoxy) is 1. The van der Waals surface area contributed by atoms with E-state index in [1.807, 2.05) is 49.5 Å². The maximum Gasteiger partial charge on any atom is 0.174 e. The Bertz CT molecular complexity index is 1270. The van der Waals surface area contributed by atoms with Gasteiger partial charge in [0.05, 0.1) is 37.2 Å². The van der Waals surface area contributed by atoms with Gasteiger partial charge in [0, 0.05) is 23.3 Å². The quantitative estimate of drug-likeness (QED) is 0.347. The van der Waals surface area contributed by atoms with E-state index in [9.17, 15) is 0 Å². The third-order valence-electron chi connectivity index (χ3n) is 6.35. The first-order chi connectivity index (χ1) is 16.6. The average molecular weight is 473 g/mol. The van der Waals surface area contributed by atoms with E-state index in [0.29, 0.717) is 18.3 Å². The van der Waals surface area contributed by atoms with Gasteiger partial charge in [0.1, 0.15) is 11.5 Å². The van der Waals surface area contributed by atoms with Gasteiger partial charge in [-0.05, 0) is 93.1 Å². The second-order valence-corrected chi connectivity index (χ2v) is 8.80. The Morgan fingerprint density at radius 1 is 1.09 bits per heavy atom. The van der Waals surface area contributed by atoms with Crippen LogP contribution in [-0.4, -0.2) is 21.3 Å². The standard InChI is InChI=1S/C27H28N4O2S/c1-4-32-21-12-10-20(11-13-21)31-26(25(29-27(31)34)24-9-5-6-14-28-24)23-16-18(2)30(19(23)3)17-22-8-7-15-33-22/h5-16,25-26H,4,17H2,1-3H3,(H,29,34). The normalized spacial score (nSPS) is 17.7. The molecule has 1 aromatic carbocycles. The number of anilines is 1. The molecule has 3 aromatic heterocycles. The predicted octanol–water partition coefficient (Wildman–Crippen LogP) is 5.72. The minimum Gasteiger partial charge on any atom is -0.494 e. The molecule has 4 aromatic rings. The number of aryl methyl sites for hydroxylation is 1. The highest BCUT2D eigenvalue weighted by atomic mass is 32.1. The van der Waals surface area contributed by atoms with Gasteiger partial charge in [-0.1, -0.05) is 6.07 Å². The van der Waals surface area contributed by atoms with Crippen LogP contribution in [0.25, 0.3) is 0 Å². The molecular formula is C27H28N4O2S. The Hall–Kier alpha value is -3.58.